The number of carbonyl (C=O) groups is 1. The van der Waals surface area contributed by atoms with Crippen LogP contribution in [0.15, 0.2) is 67.3 Å². The lowest BCUT2D eigenvalue weighted by molar-refractivity contribution is -0.125. The van der Waals surface area contributed by atoms with Crippen molar-refractivity contribution in [3.8, 4) is 22.8 Å². The molecule has 164 valence electrons. The number of rotatable bonds is 7. The van der Waals surface area contributed by atoms with Crippen LogP contribution in [0.3, 0.4) is 0 Å². The molecule has 2 aromatic carbocycles. The van der Waals surface area contributed by atoms with Gasteiger partial charge in [-0.15, -0.1) is 0 Å². The number of ether oxygens (including phenoxy) is 1. The third-order valence-electron chi connectivity index (χ3n) is 5.52. The van der Waals surface area contributed by atoms with Gasteiger partial charge in [0.2, 0.25) is 5.91 Å². The first-order chi connectivity index (χ1) is 15.5. The number of hydrogen-bond acceptors (Lipinski definition) is 5. The Labute approximate surface area is 186 Å². The molecule has 0 spiro atoms. The summed E-state index contributed by atoms with van der Waals surface area (Å²) in [6.07, 6.45) is 2.09. The van der Waals surface area contributed by atoms with Gasteiger partial charge in [-0.25, -0.2) is 4.68 Å². The molecule has 0 aliphatic carbocycles. The molecule has 32 heavy (non-hydrogen) atoms. The Morgan fingerprint density at radius 2 is 1.91 bits per heavy atom. The molecular weight excluding hydrogens is 404 g/mol. The van der Waals surface area contributed by atoms with Gasteiger partial charge in [0.25, 0.3) is 0 Å². The first-order valence-electron chi connectivity index (χ1n) is 10.4. The van der Waals surface area contributed by atoms with E-state index in [-0.39, 0.29) is 17.8 Å². The zero-order valence-electron chi connectivity index (χ0n) is 17.9. The molecule has 0 radical (unpaired) electrons. The fourth-order valence-electron chi connectivity index (χ4n) is 3.97. The molecule has 1 saturated heterocycles. The van der Waals surface area contributed by atoms with Crippen molar-refractivity contribution in [1.82, 2.24) is 14.7 Å². The minimum Gasteiger partial charge on any atom is -0.457 e. The quantitative estimate of drug-likeness (QED) is 0.301. The SMILES string of the molecule is C=CC(=O)N1CCC(n2nc(-c3ccc(Oc4ccccc4)cc3)c(C(=N)N)c2NC)C1. The first kappa shape index (κ1) is 21.2. The van der Waals surface area contributed by atoms with Crippen molar-refractivity contribution in [2.45, 2.75) is 12.5 Å². The van der Waals surface area contributed by atoms with Gasteiger partial charge in [0.05, 0.1) is 11.6 Å². The molecule has 0 saturated carbocycles. The second kappa shape index (κ2) is 8.97. The summed E-state index contributed by atoms with van der Waals surface area (Å²) >= 11 is 0. The fraction of sp³-hybridized carbons (Fsp3) is 0.208. The van der Waals surface area contributed by atoms with E-state index in [9.17, 15) is 4.79 Å². The number of nitrogens with two attached hydrogens (primary N) is 1. The summed E-state index contributed by atoms with van der Waals surface area (Å²) in [6.45, 7) is 4.73. The van der Waals surface area contributed by atoms with Gasteiger partial charge in [-0.1, -0.05) is 24.8 Å². The molecule has 2 heterocycles. The molecule has 1 fully saturated rings. The van der Waals surface area contributed by atoms with Crippen LogP contribution in [-0.4, -0.2) is 46.6 Å². The average Bonchev–Trinajstić information content (AvgIpc) is 3.44. The van der Waals surface area contributed by atoms with E-state index in [0.717, 1.165) is 17.7 Å². The average molecular weight is 431 g/mol. The van der Waals surface area contributed by atoms with Crippen LogP contribution in [0.4, 0.5) is 5.82 Å². The van der Waals surface area contributed by atoms with E-state index in [0.29, 0.717) is 35.9 Å². The lowest BCUT2D eigenvalue weighted by atomic mass is 10.1. The molecule has 1 atom stereocenters. The summed E-state index contributed by atoms with van der Waals surface area (Å²) in [5, 5.41) is 16.1. The van der Waals surface area contributed by atoms with E-state index < -0.39 is 0 Å². The third kappa shape index (κ3) is 4.07. The minimum absolute atomic E-state index is 0.0195. The van der Waals surface area contributed by atoms with Crippen molar-refractivity contribution >= 4 is 17.6 Å². The zero-order chi connectivity index (χ0) is 22.7. The van der Waals surface area contributed by atoms with Crippen molar-refractivity contribution in [2.24, 2.45) is 5.73 Å². The number of anilines is 1. The van der Waals surface area contributed by atoms with Crippen LogP contribution >= 0.6 is 0 Å². The molecular formula is C24H26N6O2. The van der Waals surface area contributed by atoms with Gasteiger partial charge in [0.1, 0.15) is 28.8 Å². The van der Waals surface area contributed by atoms with Crippen LogP contribution in [-0.2, 0) is 4.79 Å². The highest BCUT2D eigenvalue weighted by molar-refractivity contribution is 6.05. The molecule has 8 nitrogen and oxygen atoms in total. The first-order valence-corrected chi connectivity index (χ1v) is 10.4. The maximum absolute atomic E-state index is 12.0. The number of nitrogen functional groups attached to an aromatic ring is 1. The van der Waals surface area contributed by atoms with Crippen molar-refractivity contribution < 1.29 is 9.53 Å². The lowest BCUT2D eigenvalue weighted by Gasteiger charge is -2.16. The van der Waals surface area contributed by atoms with Gasteiger partial charge in [-0.2, -0.15) is 5.10 Å². The maximum atomic E-state index is 12.0. The standard InChI is InChI=1S/C24H26N6O2/c1-3-20(31)29-14-13-17(15-29)30-24(27-2)21(23(25)26)22(28-30)16-9-11-19(12-10-16)32-18-7-5-4-6-8-18/h3-12,17,27H,1,13-15H2,2H3,(H3,25,26). The topological polar surface area (TPSA) is 109 Å². The highest BCUT2D eigenvalue weighted by Gasteiger charge is 2.31. The molecule has 4 N–H and O–H groups in total. The Kier molecular flexibility index (Phi) is 5.93. The van der Waals surface area contributed by atoms with Gasteiger partial charge in [-0.05, 0) is 48.9 Å². The van der Waals surface area contributed by atoms with Crippen LogP contribution in [0.25, 0.3) is 11.3 Å². The smallest absolute Gasteiger partial charge is 0.246 e. The molecule has 1 unspecified atom stereocenters. The molecule has 3 aromatic rings. The van der Waals surface area contributed by atoms with Gasteiger partial charge in [-0.3, -0.25) is 10.2 Å². The predicted molar refractivity (Wildman–Crippen MR) is 125 cm³/mol. The van der Waals surface area contributed by atoms with Gasteiger partial charge >= 0.3 is 0 Å². The molecule has 8 heteroatoms. The summed E-state index contributed by atoms with van der Waals surface area (Å²) in [6, 6.07) is 17.1. The number of aromatic nitrogens is 2. The molecule has 1 aliphatic rings. The van der Waals surface area contributed by atoms with Gasteiger partial charge in [0.15, 0.2) is 0 Å². The van der Waals surface area contributed by atoms with Crippen molar-refractivity contribution in [3.05, 3.63) is 72.8 Å². The van der Waals surface area contributed by atoms with Crippen molar-refractivity contribution in [1.29, 1.82) is 5.41 Å². The van der Waals surface area contributed by atoms with E-state index in [1.807, 2.05) is 59.3 Å². The largest absolute Gasteiger partial charge is 0.457 e. The monoisotopic (exact) mass is 430 g/mol. The predicted octanol–water partition coefficient (Wildman–Crippen LogP) is 3.63. The van der Waals surface area contributed by atoms with E-state index in [1.54, 1.807) is 11.9 Å². The van der Waals surface area contributed by atoms with Gasteiger partial charge in [0, 0.05) is 25.7 Å². The molecule has 1 aliphatic heterocycles. The highest BCUT2D eigenvalue weighted by atomic mass is 16.5. The zero-order valence-corrected chi connectivity index (χ0v) is 17.9. The molecule has 1 aromatic heterocycles. The van der Waals surface area contributed by atoms with Crippen LogP contribution in [0.5, 0.6) is 11.5 Å². The number of benzene rings is 2. The Bertz CT molecular complexity index is 1140. The summed E-state index contributed by atoms with van der Waals surface area (Å²) in [5.41, 5.74) is 7.93. The van der Waals surface area contributed by atoms with Crippen LogP contribution < -0.4 is 15.8 Å². The van der Waals surface area contributed by atoms with Gasteiger partial charge < -0.3 is 20.7 Å². The Hall–Kier alpha value is -4.07. The van der Waals surface area contributed by atoms with E-state index in [2.05, 4.69) is 11.9 Å². The summed E-state index contributed by atoms with van der Waals surface area (Å²) in [5.74, 6) is 1.96. The minimum atomic E-state index is -0.0910. The Balaban J connectivity index is 1.66. The van der Waals surface area contributed by atoms with Crippen molar-refractivity contribution in [2.75, 3.05) is 25.5 Å². The molecule has 1 amide bonds. The summed E-state index contributed by atoms with van der Waals surface area (Å²) in [7, 11) is 1.78. The van der Waals surface area contributed by atoms with E-state index in [4.69, 9.17) is 21.0 Å². The number of likely N-dealkylation sites (tertiary alicyclic amines) is 1. The van der Waals surface area contributed by atoms with E-state index in [1.165, 1.54) is 6.08 Å². The van der Waals surface area contributed by atoms with E-state index >= 15 is 0 Å². The highest BCUT2D eigenvalue weighted by Crippen LogP contribution is 2.34. The Morgan fingerprint density at radius 1 is 1.22 bits per heavy atom. The fourth-order valence-corrected chi connectivity index (χ4v) is 3.97. The number of carbonyl (C=O) groups excluding carboxylic acids is 1. The third-order valence-corrected chi connectivity index (χ3v) is 5.52. The number of amides is 1. The second-order valence-corrected chi connectivity index (χ2v) is 7.55. The van der Waals surface area contributed by atoms with Crippen LogP contribution in [0.1, 0.15) is 18.0 Å². The number of nitrogens with one attached hydrogen (secondary N) is 2. The number of hydrogen-bond donors (Lipinski definition) is 3. The van der Waals surface area contributed by atoms with Crippen molar-refractivity contribution in [3.63, 3.8) is 0 Å². The second-order valence-electron chi connectivity index (χ2n) is 7.55. The number of para-hydroxylation sites is 1. The van der Waals surface area contributed by atoms with Crippen LogP contribution in [0.2, 0.25) is 0 Å². The molecule has 4 rings (SSSR count). The number of amidine groups is 1. The summed E-state index contributed by atoms with van der Waals surface area (Å²) in [4.78, 5) is 13.8. The normalized spacial score (nSPS) is 15.4. The lowest BCUT2D eigenvalue weighted by Crippen LogP contribution is -2.27. The Morgan fingerprint density at radius 3 is 2.53 bits per heavy atom. The number of nitrogens with zero attached hydrogens (tertiary/aromatic N) is 3. The maximum Gasteiger partial charge on any atom is 0.246 e. The summed E-state index contributed by atoms with van der Waals surface area (Å²) < 4.78 is 7.72. The molecule has 0 bridgehead atoms. The van der Waals surface area contributed by atoms with Crippen LogP contribution in [0, 0.1) is 5.41 Å².